The molecule has 2 heterocycles. The monoisotopic (exact) mass is 377 g/mol. The Balaban J connectivity index is 1.47. The van der Waals surface area contributed by atoms with Crippen molar-refractivity contribution in [1.29, 1.82) is 0 Å². The zero-order chi connectivity index (χ0) is 18.8. The van der Waals surface area contributed by atoms with Crippen molar-refractivity contribution in [3.05, 3.63) is 70.7 Å². The predicted molar refractivity (Wildman–Crippen MR) is 112 cm³/mol. The topological polar surface area (TPSA) is 36.4 Å². The number of anilines is 1. The third kappa shape index (κ3) is 3.74. The lowest BCUT2D eigenvalue weighted by Crippen LogP contribution is -2.48. The molecule has 138 valence electrons. The zero-order valence-electron chi connectivity index (χ0n) is 15.7. The van der Waals surface area contributed by atoms with Crippen LogP contribution in [-0.2, 0) is 0 Å². The van der Waals surface area contributed by atoms with E-state index in [2.05, 4.69) is 41.1 Å². The fourth-order valence-corrected chi connectivity index (χ4v) is 4.28. The molecule has 3 aromatic rings. The van der Waals surface area contributed by atoms with Gasteiger partial charge in [0, 0.05) is 47.9 Å². The van der Waals surface area contributed by atoms with E-state index in [1.807, 2.05) is 42.2 Å². The Morgan fingerprint density at radius 1 is 0.963 bits per heavy atom. The largest absolute Gasteiger partial charge is 0.368 e. The minimum absolute atomic E-state index is 0.106. The van der Waals surface area contributed by atoms with Crippen LogP contribution in [0.1, 0.15) is 20.9 Å². The van der Waals surface area contributed by atoms with Crippen molar-refractivity contribution in [2.45, 2.75) is 13.8 Å². The molecule has 1 aromatic heterocycles. The number of carbonyl (C=O) groups excluding carboxylic acids is 1. The van der Waals surface area contributed by atoms with E-state index in [0.29, 0.717) is 0 Å². The molecule has 0 spiro atoms. The third-order valence-electron chi connectivity index (χ3n) is 5.07. The molecule has 27 heavy (non-hydrogen) atoms. The van der Waals surface area contributed by atoms with Crippen molar-refractivity contribution in [3.63, 3.8) is 0 Å². The summed E-state index contributed by atoms with van der Waals surface area (Å²) in [5, 5.41) is 0.980. The first-order chi connectivity index (χ1) is 13.1. The van der Waals surface area contributed by atoms with Crippen LogP contribution >= 0.6 is 11.3 Å². The van der Waals surface area contributed by atoms with Crippen LogP contribution in [0.15, 0.2) is 54.6 Å². The van der Waals surface area contributed by atoms with Gasteiger partial charge in [0.15, 0.2) is 0 Å². The molecule has 0 unspecified atom stereocenters. The SMILES string of the molecule is Cc1nc(-c2cccc(C(=O)N3CCN(c4ccccc4)CC3)c2)sc1C. The molecule has 1 amide bonds. The van der Waals surface area contributed by atoms with Crippen LogP contribution in [0, 0.1) is 13.8 Å². The maximum Gasteiger partial charge on any atom is 0.253 e. The van der Waals surface area contributed by atoms with Crippen LogP contribution in [0.25, 0.3) is 10.6 Å². The van der Waals surface area contributed by atoms with Gasteiger partial charge in [0.2, 0.25) is 0 Å². The first-order valence-electron chi connectivity index (χ1n) is 9.25. The quantitative estimate of drug-likeness (QED) is 0.679. The molecule has 0 N–H and O–H groups in total. The number of carbonyl (C=O) groups is 1. The molecule has 2 aromatic carbocycles. The molecular weight excluding hydrogens is 354 g/mol. The standard InChI is InChI=1S/C22H23N3OS/c1-16-17(2)27-21(23-16)18-7-6-8-19(15-18)22(26)25-13-11-24(12-14-25)20-9-4-3-5-10-20/h3-10,15H,11-14H2,1-2H3. The molecule has 4 rings (SSSR count). The van der Waals surface area contributed by atoms with E-state index in [9.17, 15) is 4.79 Å². The second-order valence-corrected chi connectivity index (χ2v) is 8.06. The normalized spacial score (nSPS) is 14.4. The Morgan fingerprint density at radius 2 is 1.70 bits per heavy atom. The predicted octanol–water partition coefficient (Wildman–Crippen LogP) is 4.39. The smallest absolute Gasteiger partial charge is 0.253 e. The van der Waals surface area contributed by atoms with E-state index in [-0.39, 0.29) is 5.91 Å². The van der Waals surface area contributed by atoms with Gasteiger partial charge in [0.1, 0.15) is 5.01 Å². The fourth-order valence-electron chi connectivity index (χ4n) is 3.37. The number of rotatable bonds is 3. The minimum Gasteiger partial charge on any atom is -0.368 e. The second kappa shape index (κ2) is 7.53. The maximum atomic E-state index is 13.0. The summed E-state index contributed by atoms with van der Waals surface area (Å²) in [4.78, 5) is 23.1. The first-order valence-corrected chi connectivity index (χ1v) is 10.1. The Bertz CT molecular complexity index is 924. The van der Waals surface area contributed by atoms with Gasteiger partial charge in [-0.15, -0.1) is 11.3 Å². The summed E-state index contributed by atoms with van der Waals surface area (Å²) in [6, 6.07) is 18.3. The van der Waals surface area contributed by atoms with Crippen LogP contribution in [0.3, 0.4) is 0 Å². The summed E-state index contributed by atoms with van der Waals surface area (Å²) in [5.74, 6) is 0.106. The molecule has 0 atom stereocenters. The summed E-state index contributed by atoms with van der Waals surface area (Å²) in [6.07, 6.45) is 0. The summed E-state index contributed by atoms with van der Waals surface area (Å²) in [7, 11) is 0. The van der Waals surface area contributed by atoms with Crippen molar-refractivity contribution in [1.82, 2.24) is 9.88 Å². The van der Waals surface area contributed by atoms with Gasteiger partial charge in [-0.05, 0) is 38.1 Å². The number of nitrogens with zero attached hydrogens (tertiary/aromatic N) is 3. The number of aromatic nitrogens is 1. The van der Waals surface area contributed by atoms with Crippen molar-refractivity contribution >= 4 is 22.9 Å². The highest BCUT2D eigenvalue weighted by Gasteiger charge is 2.22. The average Bonchev–Trinajstić information content (AvgIpc) is 3.07. The molecule has 0 bridgehead atoms. The van der Waals surface area contributed by atoms with E-state index < -0.39 is 0 Å². The summed E-state index contributed by atoms with van der Waals surface area (Å²) >= 11 is 1.68. The van der Waals surface area contributed by atoms with E-state index in [1.165, 1.54) is 10.6 Å². The summed E-state index contributed by atoms with van der Waals surface area (Å²) in [6.45, 7) is 7.32. The van der Waals surface area contributed by atoms with Gasteiger partial charge in [-0.1, -0.05) is 30.3 Å². The molecule has 1 saturated heterocycles. The fraction of sp³-hybridized carbons (Fsp3) is 0.273. The summed E-state index contributed by atoms with van der Waals surface area (Å²) in [5.41, 5.74) is 4.04. The molecule has 0 saturated carbocycles. The van der Waals surface area contributed by atoms with E-state index in [1.54, 1.807) is 11.3 Å². The highest BCUT2D eigenvalue weighted by molar-refractivity contribution is 7.15. The highest BCUT2D eigenvalue weighted by Crippen LogP contribution is 2.28. The van der Waals surface area contributed by atoms with Gasteiger partial charge in [0.05, 0.1) is 5.69 Å². The molecule has 1 aliphatic heterocycles. The Labute approximate surface area is 164 Å². The molecular formula is C22H23N3OS. The molecule has 5 heteroatoms. The van der Waals surface area contributed by atoms with Gasteiger partial charge in [-0.3, -0.25) is 4.79 Å². The number of thiazole rings is 1. The Kier molecular flexibility index (Phi) is 4.94. The molecule has 0 aliphatic carbocycles. The van der Waals surface area contributed by atoms with Crippen molar-refractivity contribution in [2.24, 2.45) is 0 Å². The number of amides is 1. The second-order valence-electron chi connectivity index (χ2n) is 6.86. The number of hydrogen-bond acceptors (Lipinski definition) is 4. The van der Waals surface area contributed by atoms with Crippen molar-refractivity contribution < 1.29 is 4.79 Å². The number of piperazine rings is 1. The lowest BCUT2D eigenvalue weighted by Gasteiger charge is -2.36. The van der Waals surface area contributed by atoms with Gasteiger partial charge >= 0.3 is 0 Å². The van der Waals surface area contributed by atoms with Gasteiger partial charge in [0.25, 0.3) is 5.91 Å². The van der Waals surface area contributed by atoms with Crippen LogP contribution in [0.4, 0.5) is 5.69 Å². The Hall–Kier alpha value is -2.66. The highest BCUT2D eigenvalue weighted by atomic mass is 32.1. The molecule has 1 fully saturated rings. The number of hydrogen-bond donors (Lipinski definition) is 0. The van der Waals surface area contributed by atoms with Crippen LogP contribution < -0.4 is 4.90 Å². The van der Waals surface area contributed by atoms with Gasteiger partial charge < -0.3 is 9.80 Å². The maximum absolute atomic E-state index is 13.0. The van der Waals surface area contributed by atoms with Crippen LogP contribution in [0.2, 0.25) is 0 Å². The van der Waals surface area contributed by atoms with E-state index in [4.69, 9.17) is 0 Å². The number of benzene rings is 2. The lowest BCUT2D eigenvalue weighted by atomic mass is 10.1. The number of aryl methyl sites for hydroxylation is 2. The first kappa shape index (κ1) is 17.7. The van der Waals surface area contributed by atoms with Crippen molar-refractivity contribution in [3.8, 4) is 10.6 Å². The Morgan fingerprint density at radius 3 is 2.37 bits per heavy atom. The zero-order valence-corrected chi connectivity index (χ0v) is 16.5. The van der Waals surface area contributed by atoms with Crippen LogP contribution in [0.5, 0.6) is 0 Å². The summed E-state index contributed by atoms with van der Waals surface area (Å²) < 4.78 is 0. The average molecular weight is 378 g/mol. The van der Waals surface area contributed by atoms with Crippen molar-refractivity contribution in [2.75, 3.05) is 31.1 Å². The van der Waals surface area contributed by atoms with E-state index >= 15 is 0 Å². The minimum atomic E-state index is 0.106. The van der Waals surface area contributed by atoms with E-state index in [0.717, 1.165) is 48.0 Å². The molecule has 1 aliphatic rings. The third-order valence-corrected chi connectivity index (χ3v) is 6.20. The lowest BCUT2D eigenvalue weighted by molar-refractivity contribution is 0.0747. The molecule has 4 nitrogen and oxygen atoms in total. The van der Waals surface area contributed by atoms with Gasteiger partial charge in [-0.2, -0.15) is 0 Å². The van der Waals surface area contributed by atoms with Crippen LogP contribution in [-0.4, -0.2) is 42.0 Å². The van der Waals surface area contributed by atoms with Gasteiger partial charge in [-0.25, -0.2) is 4.98 Å². The number of para-hydroxylation sites is 1. The molecule has 0 radical (unpaired) electrons.